The second-order valence-electron chi connectivity index (χ2n) is 6.96. The van der Waals surface area contributed by atoms with Gasteiger partial charge in [-0.1, -0.05) is 13.8 Å². The topological polar surface area (TPSA) is 93.4 Å². The molecule has 0 radical (unpaired) electrons. The summed E-state index contributed by atoms with van der Waals surface area (Å²) < 4.78 is 2.24. The fourth-order valence-corrected chi connectivity index (χ4v) is 2.73. The normalized spacial score (nSPS) is 20.8. The number of imide groups is 1. The summed E-state index contributed by atoms with van der Waals surface area (Å²) in [5.41, 5.74) is -1.59. The molecule has 132 valence electrons. The van der Waals surface area contributed by atoms with Crippen LogP contribution in [0.5, 0.6) is 0 Å². The zero-order chi connectivity index (χ0) is 18.2. The Morgan fingerprint density at radius 1 is 1.12 bits per heavy atom. The first-order chi connectivity index (χ1) is 11.1. The average molecular weight is 336 g/mol. The highest BCUT2D eigenvalue weighted by atomic mass is 16.2. The van der Waals surface area contributed by atoms with E-state index in [4.69, 9.17) is 0 Å². The van der Waals surface area contributed by atoms with E-state index in [1.54, 1.807) is 6.92 Å². The van der Waals surface area contributed by atoms with Crippen molar-refractivity contribution < 1.29 is 9.59 Å². The van der Waals surface area contributed by atoms with Crippen LogP contribution in [0.25, 0.3) is 0 Å². The Bertz CT molecular complexity index is 792. The van der Waals surface area contributed by atoms with E-state index < -0.39 is 22.8 Å². The first-order valence-corrected chi connectivity index (χ1v) is 7.97. The van der Waals surface area contributed by atoms with Gasteiger partial charge in [0.1, 0.15) is 5.54 Å². The van der Waals surface area contributed by atoms with Crippen molar-refractivity contribution >= 4 is 11.9 Å². The first-order valence-electron chi connectivity index (χ1n) is 7.97. The fourth-order valence-electron chi connectivity index (χ4n) is 2.73. The van der Waals surface area contributed by atoms with Crippen LogP contribution < -0.4 is 16.6 Å². The van der Waals surface area contributed by atoms with Crippen LogP contribution in [0.3, 0.4) is 0 Å². The molecule has 3 amide bonds. The number of carbonyl (C=O) groups excluding carboxylic acids is 2. The van der Waals surface area contributed by atoms with Gasteiger partial charge in [0.2, 0.25) is 0 Å². The average Bonchev–Trinajstić information content (AvgIpc) is 2.72. The molecule has 1 saturated heterocycles. The maximum absolute atomic E-state index is 12.7. The Morgan fingerprint density at radius 3 is 2.33 bits per heavy atom. The number of carbonyl (C=O) groups is 2. The molecule has 2 heterocycles. The van der Waals surface area contributed by atoms with Crippen molar-refractivity contribution in [3.8, 4) is 0 Å². The third-order valence-electron chi connectivity index (χ3n) is 4.51. The molecule has 1 aliphatic rings. The lowest BCUT2D eigenvalue weighted by molar-refractivity contribution is -0.131. The maximum atomic E-state index is 12.7. The molecule has 1 fully saturated rings. The summed E-state index contributed by atoms with van der Waals surface area (Å²) in [6.45, 7) is 5.71. The predicted octanol–water partition coefficient (Wildman–Crippen LogP) is 0.331. The quantitative estimate of drug-likeness (QED) is 0.784. The zero-order valence-electron chi connectivity index (χ0n) is 14.8. The number of hydrogen-bond acceptors (Lipinski definition) is 4. The molecule has 8 heteroatoms. The largest absolute Gasteiger partial charge is 0.330 e. The zero-order valence-corrected chi connectivity index (χ0v) is 14.8. The first kappa shape index (κ1) is 18.0. The number of rotatable bonds is 5. The summed E-state index contributed by atoms with van der Waals surface area (Å²) in [7, 11) is 2.89. The van der Waals surface area contributed by atoms with E-state index in [1.807, 2.05) is 0 Å². The molecule has 8 nitrogen and oxygen atoms in total. The van der Waals surface area contributed by atoms with Crippen molar-refractivity contribution in [1.82, 2.24) is 19.4 Å². The highest BCUT2D eigenvalue weighted by molar-refractivity contribution is 6.06. The minimum atomic E-state index is -0.944. The van der Waals surface area contributed by atoms with Gasteiger partial charge in [-0.25, -0.2) is 9.59 Å². The molecule has 0 aromatic carbocycles. The van der Waals surface area contributed by atoms with Crippen LogP contribution in [0.2, 0.25) is 0 Å². The Kier molecular flexibility index (Phi) is 4.68. The van der Waals surface area contributed by atoms with E-state index in [0.717, 1.165) is 15.9 Å². The summed E-state index contributed by atoms with van der Waals surface area (Å²) in [4.78, 5) is 49.7. The second-order valence-corrected chi connectivity index (χ2v) is 6.96. The minimum Gasteiger partial charge on any atom is -0.323 e. The lowest BCUT2D eigenvalue weighted by atomic mass is 9.92. The van der Waals surface area contributed by atoms with Crippen molar-refractivity contribution in [3.63, 3.8) is 0 Å². The van der Waals surface area contributed by atoms with Crippen LogP contribution in [-0.2, 0) is 25.4 Å². The van der Waals surface area contributed by atoms with Gasteiger partial charge in [0.25, 0.3) is 11.5 Å². The highest BCUT2D eigenvalue weighted by Gasteiger charge is 2.47. The summed E-state index contributed by atoms with van der Waals surface area (Å²) >= 11 is 0. The van der Waals surface area contributed by atoms with E-state index in [0.29, 0.717) is 18.0 Å². The molecular formula is C16H24N4O4. The lowest BCUT2D eigenvalue weighted by Gasteiger charge is -2.22. The van der Waals surface area contributed by atoms with Crippen molar-refractivity contribution in [1.29, 1.82) is 0 Å². The van der Waals surface area contributed by atoms with Gasteiger partial charge < -0.3 is 5.32 Å². The van der Waals surface area contributed by atoms with Crippen LogP contribution in [0.15, 0.2) is 15.7 Å². The van der Waals surface area contributed by atoms with Crippen molar-refractivity contribution in [3.05, 3.63) is 32.6 Å². The summed E-state index contributed by atoms with van der Waals surface area (Å²) in [5.74, 6) is 0.0832. The molecule has 1 atom stereocenters. The smallest absolute Gasteiger partial charge is 0.323 e. The van der Waals surface area contributed by atoms with Crippen LogP contribution in [-0.4, -0.2) is 31.5 Å². The van der Waals surface area contributed by atoms with Crippen molar-refractivity contribution in [2.45, 2.75) is 45.7 Å². The molecule has 1 aliphatic heterocycles. The van der Waals surface area contributed by atoms with Crippen LogP contribution in [0.1, 0.15) is 39.3 Å². The van der Waals surface area contributed by atoms with E-state index in [9.17, 15) is 19.2 Å². The molecule has 1 aromatic rings. The lowest BCUT2D eigenvalue weighted by Crippen LogP contribution is -2.44. The van der Waals surface area contributed by atoms with Crippen LogP contribution in [0.4, 0.5) is 4.79 Å². The fraction of sp³-hybridized carbons (Fsp3) is 0.625. The number of urea groups is 1. The van der Waals surface area contributed by atoms with Crippen molar-refractivity contribution in [2.75, 3.05) is 0 Å². The molecule has 0 aliphatic carbocycles. The van der Waals surface area contributed by atoms with Gasteiger partial charge in [0.05, 0.1) is 6.54 Å². The number of aromatic nitrogens is 2. The molecule has 0 spiro atoms. The molecule has 0 bridgehead atoms. The maximum Gasteiger partial charge on any atom is 0.330 e. The molecule has 24 heavy (non-hydrogen) atoms. The Labute approximate surface area is 140 Å². The monoisotopic (exact) mass is 336 g/mol. The van der Waals surface area contributed by atoms with Crippen molar-refractivity contribution in [2.24, 2.45) is 20.0 Å². The van der Waals surface area contributed by atoms with Crippen LogP contribution in [0, 0.1) is 5.92 Å². The van der Waals surface area contributed by atoms with E-state index in [-0.39, 0.29) is 12.5 Å². The predicted molar refractivity (Wildman–Crippen MR) is 88.5 cm³/mol. The Balaban J connectivity index is 2.28. The highest BCUT2D eigenvalue weighted by Crippen LogP contribution is 2.25. The molecule has 1 unspecified atom stereocenters. The molecule has 2 rings (SSSR count). The van der Waals surface area contributed by atoms with Crippen LogP contribution >= 0.6 is 0 Å². The Hall–Kier alpha value is -2.38. The van der Waals surface area contributed by atoms with Gasteiger partial charge in [-0.05, 0) is 25.7 Å². The van der Waals surface area contributed by atoms with E-state index in [2.05, 4.69) is 19.2 Å². The third kappa shape index (κ3) is 3.13. The van der Waals surface area contributed by atoms with Gasteiger partial charge in [-0.15, -0.1) is 0 Å². The number of amides is 3. The van der Waals surface area contributed by atoms with E-state index >= 15 is 0 Å². The molecular weight excluding hydrogens is 312 g/mol. The second kappa shape index (κ2) is 6.26. The van der Waals surface area contributed by atoms with Gasteiger partial charge >= 0.3 is 11.7 Å². The number of nitrogens with zero attached hydrogens (tertiary/aromatic N) is 3. The van der Waals surface area contributed by atoms with Gasteiger partial charge in [-0.3, -0.25) is 23.6 Å². The summed E-state index contributed by atoms with van der Waals surface area (Å²) in [5, 5.41) is 2.73. The Morgan fingerprint density at radius 2 is 1.75 bits per heavy atom. The van der Waals surface area contributed by atoms with Gasteiger partial charge in [0, 0.05) is 25.9 Å². The number of hydrogen-bond donors (Lipinski definition) is 1. The standard InChI is InChI=1S/C16H24N4O4/c1-10(2)6-7-16(3)13(22)20(14(23)17-16)9-11-8-12(21)19(5)15(24)18(11)4/h8,10H,6-7,9H2,1-5H3,(H,17,23). The summed E-state index contributed by atoms with van der Waals surface area (Å²) in [6, 6.07) is 0.769. The number of nitrogens with one attached hydrogen (secondary N) is 1. The third-order valence-corrected chi connectivity index (χ3v) is 4.51. The van der Waals surface area contributed by atoms with E-state index in [1.165, 1.54) is 24.7 Å². The summed E-state index contributed by atoms with van der Waals surface area (Å²) in [6.07, 6.45) is 1.35. The van der Waals surface area contributed by atoms with Gasteiger partial charge in [-0.2, -0.15) is 0 Å². The van der Waals surface area contributed by atoms with Gasteiger partial charge in [0.15, 0.2) is 0 Å². The molecule has 1 aromatic heterocycles. The SMILES string of the molecule is CC(C)CCC1(C)NC(=O)N(Cc2cc(=O)n(C)c(=O)n2C)C1=O. The minimum absolute atomic E-state index is 0.107. The molecule has 1 N–H and O–H groups in total. The molecule has 0 saturated carbocycles.